The van der Waals surface area contributed by atoms with Gasteiger partial charge in [-0.15, -0.1) is 0 Å². The van der Waals surface area contributed by atoms with Crippen LogP contribution in [0.25, 0.3) is 10.2 Å². The summed E-state index contributed by atoms with van der Waals surface area (Å²) in [6.45, 7) is 11.0. The molecule has 2 aromatic carbocycles. The Balaban J connectivity index is 1.87. The molecule has 3 rings (SSSR count). The molecule has 3 aromatic rings. The van der Waals surface area contributed by atoms with Gasteiger partial charge in [0, 0.05) is 18.7 Å². The van der Waals surface area contributed by atoms with E-state index >= 15 is 0 Å². The molecule has 0 fully saturated rings. The van der Waals surface area contributed by atoms with Crippen LogP contribution in [0.3, 0.4) is 0 Å². The topological polar surface area (TPSA) is 52.8 Å². The molecule has 0 spiro atoms. The quantitative estimate of drug-likeness (QED) is 0.382. The van der Waals surface area contributed by atoms with Crippen molar-refractivity contribution in [3.8, 4) is 5.75 Å². The van der Waals surface area contributed by atoms with Crippen LogP contribution in [-0.2, 0) is 11.3 Å². The van der Waals surface area contributed by atoms with E-state index in [1.54, 1.807) is 23.5 Å². The average Bonchev–Trinajstić information content (AvgIpc) is 3.09. The lowest BCUT2D eigenvalue weighted by molar-refractivity contribution is 0.0996. The van der Waals surface area contributed by atoms with Gasteiger partial charge in [0.05, 0.1) is 23.4 Å². The van der Waals surface area contributed by atoms with Gasteiger partial charge in [-0.2, -0.15) is 4.99 Å². The zero-order valence-corrected chi connectivity index (χ0v) is 19.8. The van der Waals surface area contributed by atoms with E-state index in [0.717, 1.165) is 28.8 Å². The van der Waals surface area contributed by atoms with E-state index in [2.05, 4.69) is 42.5 Å². The molecule has 1 aromatic heterocycles. The second-order valence-electron chi connectivity index (χ2n) is 7.66. The molecule has 0 bridgehead atoms. The third-order valence-electron chi connectivity index (χ3n) is 5.09. The molecule has 0 aliphatic heterocycles. The SMILES string of the molecule is CCCCCOc1ccc(C(=O)N=c2sc3c(C)cc(C)cc3n2CCOCC)cc1. The lowest BCUT2D eigenvalue weighted by Gasteiger charge is -2.07. The molecule has 1 amide bonds. The first-order valence-electron chi connectivity index (χ1n) is 11.0. The van der Waals surface area contributed by atoms with E-state index in [4.69, 9.17) is 9.47 Å². The first kappa shape index (κ1) is 23.2. The number of benzene rings is 2. The van der Waals surface area contributed by atoms with Crippen molar-refractivity contribution in [1.29, 1.82) is 0 Å². The molecule has 6 heteroatoms. The maximum atomic E-state index is 12.9. The smallest absolute Gasteiger partial charge is 0.279 e. The maximum absolute atomic E-state index is 12.9. The monoisotopic (exact) mass is 440 g/mol. The van der Waals surface area contributed by atoms with Crippen molar-refractivity contribution in [3.05, 3.63) is 57.9 Å². The number of rotatable bonds is 10. The Hall–Kier alpha value is -2.44. The fraction of sp³-hybridized carbons (Fsp3) is 0.440. The minimum atomic E-state index is -0.247. The number of unbranched alkanes of at least 4 members (excludes halogenated alkanes) is 2. The average molecular weight is 441 g/mol. The molecule has 5 nitrogen and oxygen atoms in total. The maximum Gasteiger partial charge on any atom is 0.279 e. The van der Waals surface area contributed by atoms with Crippen LogP contribution in [0.2, 0.25) is 0 Å². The van der Waals surface area contributed by atoms with Crippen LogP contribution in [0.1, 0.15) is 54.6 Å². The first-order valence-corrected chi connectivity index (χ1v) is 11.8. The molecule has 166 valence electrons. The van der Waals surface area contributed by atoms with Gasteiger partial charge in [0.25, 0.3) is 5.91 Å². The van der Waals surface area contributed by atoms with E-state index in [9.17, 15) is 4.79 Å². The third-order valence-corrected chi connectivity index (χ3v) is 6.32. The molecular formula is C25H32N2O3S. The number of carbonyl (C=O) groups excluding carboxylic acids is 1. The molecule has 1 heterocycles. The van der Waals surface area contributed by atoms with Crippen molar-refractivity contribution in [2.45, 2.75) is 53.5 Å². The van der Waals surface area contributed by atoms with Gasteiger partial charge in [-0.05, 0) is 68.7 Å². The highest BCUT2D eigenvalue weighted by Gasteiger charge is 2.12. The zero-order chi connectivity index (χ0) is 22.2. The minimum Gasteiger partial charge on any atom is -0.494 e. The zero-order valence-electron chi connectivity index (χ0n) is 18.9. The fourth-order valence-corrected chi connectivity index (χ4v) is 4.61. The number of hydrogen-bond acceptors (Lipinski definition) is 4. The first-order chi connectivity index (χ1) is 15.0. The van der Waals surface area contributed by atoms with Gasteiger partial charge in [0.1, 0.15) is 5.75 Å². The fourth-order valence-electron chi connectivity index (χ4n) is 3.50. The molecule has 0 aliphatic carbocycles. The molecule has 31 heavy (non-hydrogen) atoms. The van der Waals surface area contributed by atoms with Crippen LogP contribution in [0.15, 0.2) is 41.4 Å². The van der Waals surface area contributed by atoms with Crippen molar-refractivity contribution in [1.82, 2.24) is 4.57 Å². The number of fused-ring (bicyclic) bond motifs is 1. The van der Waals surface area contributed by atoms with Gasteiger partial charge in [-0.1, -0.05) is 37.2 Å². The molecular weight excluding hydrogens is 408 g/mol. The van der Waals surface area contributed by atoms with Gasteiger partial charge in [-0.3, -0.25) is 4.79 Å². The lowest BCUT2D eigenvalue weighted by atomic mass is 10.1. The summed E-state index contributed by atoms with van der Waals surface area (Å²) in [5, 5.41) is 0. The normalized spacial score (nSPS) is 11.9. The number of ether oxygens (including phenoxy) is 2. The van der Waals surface area contributed by atoms with Gasteiger partial charge in [-0.25, -0.2) is 0 Å². The molecule has 0 unspecified atom stereocenters. The predicted octanol–water partition coefficient (Wildman–Crippen LogP) is 5.67. The summed E-state index contributed by atoms with van der Waals surface area (Å²) in [6.07, 6.45) is 3.37. The lowest BCUT2D eigenvalue weighted by Crippen LogP contribution is -2.19. The number of aromatic nitrogens is 1. The Morgan fingerprint density at radius 2 is 1.84 bits per heavy atom. The minimum absolute atomic E-state index is 0.247. The van der Waals surface area contributed by atoms with Crippen molar-refractivity contribution in [2.24, 2.45) is 4.99 Å². The van der Waals surface area contributed by atoms with Crippen LogP contribution in [-0.4, -0.2) is 30.3 Å². The van der Waals surface area contributed by atoms with E-state index in [-0.39, 0.29) is 5.91 Å². The third kappa shape index (κ3) is 6.05. The summed E-state index contributed by atoms with van der Waals surface area (Å²) >= 11 is 1.55. The second kappa shape index (κ2) is 11.3. The Morgan fingerprint density at radius 1 is 1.06 bits per heavy atom. The van der Waals surface area contributed by atoms with Crippen LogP contribution in [0.4, 0.5) is 0 Å². The Morgan fingerprint density at radius 3 is 2.55 bits per heavy atom. The summed E-state index contributed by atoms with van der Waals surface area (Å²) in [7, 11) is 0. The highest BCUT2D eigenvalue weighted by molar-refractivity contribution is 7.16. The van der Waals surface area contributed by atoms with Crippen molar-refractivity contribution in [2.75, 3.05) is 19.8 Å². The van der Waals surface area contributed by atoms with Crippen LogP contribution in [0, 0.1) is 13.8 Å². The molecule has 0 saturated heterocycles. The standard InChI is InChI=1S/C25H32N2O3S/c1-5-7-8-14-30-21-11-9-20(10-12-21)24(28)26-25-27(13-15-29-6-2)22-17-18(3)16-19(4)23(22)31-25/h9-12,16-17H,5-8,13-15H2,1-4H3. The summed E-state index contributed by atoms with van der Waals surface area (Å²) in [5.41, 5.74) is 4.05. The number of thiazole rings is 1. The summed E-state index contributed by atoms with van der Waals surface area (Å²) in [6, 6.07) is 11.6. The summed E-state index contributed by atoms with van der Waals surface area (Å²) in [5.74, 6) is 0.538. The van der Waals surface area contributed by atoms with Crippen LogP contribution < -0.4 is 9.54 Å². The largest absolute Gasteiger partial charge is 0.494 e. The highest BCUT2D eigenvalue weighted by Crippen LogP contribution is 2.23. The molecule has 0 radical (unpaired) electrons. The van der Waals surface area contributed by atoms with Crippen LogP contribution in [0.5, 0.6) is 5.75 Å². The summed E-state index contributed by atoms with van der Waals surface area (Å²) in [4.78, 5) is 18.1. The molecule has 0 atom stereocenters. The number of hydrogen-bond donors (Lipinski definition) is 0. The van der Waals surface area contributed by atoms with Gasteiger partial charge < -0.3 is 14.0 Å². The van der Waals surface area contributed by atoms with Crippen LogP contribution >= 0.6 is 11.3 Å². The van der Waals surface area contributed by atoms with E-state index < -0.39 is 0 Å². The number of aryl methyl sites for hydroxylation is 2. The van der Waals surface area contributed by atoms with Crippen molar-refractivity contribution >= 4 is 27.5 Å². The van der Waals surface area contributed by atoms with Gasteiger partial charge in [0.2, 0.25) is 0 Å². The summed E-state index contributed by atoms with van der Waals surface area (Å²) < 4.78 is 14.6. The number of carbonyl (C=O) groups is 1. The Bertz CT molecular complexity index is 1080. The predicted molar refractivity (Wildman–Crippen MR) is 127 cm³/mol. The van der Waals surface area contributed by atoms with Crippen molar-refractivity contribution in [3.63, 3.8) is 0 Å². The highest BCUT2D eigenvalue weighted by atomic mass is 32.1. The Labute approximate surface area is 188 Å². The second-order valence-corrected chi connectivity index (χ2v) is 8.64. The molecule has 0 aliphatic rings. The van der Waals surface area contributed by atoms with Crippen molar-refractivity contribution < 1.29 is 14.3 Å². The van der Waals surface area contributed by atoms with E-state index in [0.29, 0.717) is 36.7 Å². The molecule has 0 N–H and O–H groups in total. The van der Waals surface area contributed by atoms with E-state index in [1.807, 2.05) is 19.1 Å². The number of nitrogens with zero attached hydrogens (tertiary/aromatic N) is 2. The Kier molecular flexibility index (Phi) is 8.43. The molecule has 0 saturated carbocycles. The van der Waals surface area contributed by atoms with Gasteiger partial charge in [0.15, 0.2) is 4.80 Å². The number of amides is 1. The van der Waals surface area contributed by atoms with Gasteiger partial charge >= 0.3 is 0 Å². The van der Waals surface area contributed by atoms with E-state index in [1.165, 1.54) is 17.5 Å².